The van der Waals surface area contributed by atoms with Crippen molar-refractivity contribution in [2.45, 2.75) is 90.5 Å². The molecule has 1 aliphatic heterocycles. The van der Waals surface area contributed by atoms with Crippen LogP contribution in [0.1, 0.15) is 59.8 Å². The van der Waals surface area contributed by atoms with Crippen molar-refractivity contribution in [1.82, 2.24) is 5.32 Å². The van der Waals surface area contributed by atoms with Gasteiger partial charge < -0.3 is 33.7 Å². The molecular formula is C23H36N4O11. The number of hydrogen-bond acceptors (Lipinski definition) is 12. The molecular weight excluding hydrogens is 508 g/mol. The molecule has 1 amide bonds. The van der Waals surface area contributed by atoms with E-state index >= 15 is 0 Å². The van der Waals surface area contributed by atoms with Gasteiger partial charge >= 0.3 is 23.9 Å². The highest BCUT2D eigenvalue weighted by Gasteiger charge is 2.52. The fraction of sp³-hybridized carbons (Fsp3) is 0.783. The zero-order chi connectivity index (χ0) is 28.5. The Balaban J connectivity index is 2.78. The molecule has 5 atom stereocenters. The lowest BCUT2D eigenvalue weighted by Crippen LogP contribution is -2.63. The maximum Gasteiger partial charge on any atom is 0.303 e. The number of amides is 1. The normalized spacial score (nSPS) is 22.4. The van der Waals surface area contributed by atoms with E-state index in [4.69, 9.17) is 34.0 Å². The van der Waals surface area contributed by atoms with Gasteiger partial charge in [-0.2, -0.15) is 0 Å². The largest absolute Gasteiger partial charge is 0.463 e. The van der Waals surface area contributed by atoms with Crippen LogP contribution in [0.3, 0.4) is 0 Å². The van der Waals surface area contributed by atoms with E-state index in [-0.39, 0.29) is 19.1 Å². The number of rotatable bonds is 16. The van der Waals surface area contributed by atoms with Gasteiger partial charge in [-0.15, -0.1) is 0 Å². The molecule has 15 heteroatoms. The van der Waals surface area contributed by atoms with Crippen LogP contribution < -0.4 is 5.32 Å². The first-order valence-electron chi connectivity index (χ1n) is 12.2. The summed E-state index contributed by atoms with van der Waals surface area (Å²) in [7, 11) is 0. The molecule has 1 heterocycles. The average Bonchev–Trinajstić information content (AvgIpc) is 2.82. The first-order chi connectivity index (χ1) is 18.0. The minimum Gasteiger partial charge on any atom is -0.463 e. The van der Waals surface area contributed by atoms with E-state index in [1.165, 1.54) is 6.92 Å². The van der Waals surface area contributed by atoms with Crippen LogP contribution in [-0.2, 0) is 52.4 Å². The van der Waals surface area contributed by atoms with Gasteiger partial charge in [-0.3, -0.25) is 24.0 Å². The summed E-state index contributed by atoms with van der Waals surface area (Å²) >= 11 is 0. The molecule has 1 saturated heterocycles. The number of carbonyl (C=O) groups excluding carboxylic acids is 5. The van der Waals surface area contributed by atoms with Gasteiger partial charge in [0.2, 0.25) is 5.91 Å². The number of azide groups is 1. The van der Waals surface area contributed by atoms with Crippen molar-refractivity contribution in [3.05, 3.63) is 10.4 Å². The molecule has 0 radical (unpaired) electrons. The van der Waals surface area contributed by atoms with Gasteiger partial charge in [-0.05, 0) is 24.8 Å². The Morgan fingerprint density at radius 1 is 0.842 bits per heavy atom. The Bertz CT molecular complexity index is 862. The number of carbonyl (C=O) groups is 5. The lowest BCUT2D eigenvalue weighted by atomic mass is 9.98. The molecule has 0 aromatic rings. The van der Waals surface area contributed by atoms with E-state index in [1.807, 2.05) is 0 Å². The number of nitrogens with one attached hydrogen (secondary N) is 1. The Kier molecular flexibility index (Phi) is 15.4. The summed E-state index contributed by atoms with van der Waals surface area (Å²) in [6.07, 6.45) is -3.39. The fourth-order valence-corrected chi connectivity index (χ4v) is 3.60. The topological polar surface area (TPSA) is 202 Å². The third kappa shape index (κ3) is 13.2. The number of nitrogens with zero attached hydrogens (tertiary/aromatic N) is 3. The Labute approximate surface area is 220 Å². The Hall–Kier alpha value is -3.42. The van der Waals surface area contributed by atoms with Gasteiger partial charge in [0, 0.05) is 52.1 Å². The predicted molar refractivity (Wildman–Crippen MR) is 128 cm³/mol. The molecule has 1 N–H and O–H groups in total. The van der Waals surface area contributed by atoms with Crippen LogP contribution in [0.4, 0.5) is 0 Å². The summed E-state index contributed by atoms with van der Waals surface area (Å²) in [5, 5.41) is 6.20. The molecule has 0 aromatic carbocycles. The summed E-state index contributed by atoms with van der Waals surface area (Å²) in [5.74, 6) is -2.95. The summed E-state index contributed by atoms with van der Waals surface area (Å²) in [6.45, 7) is 4.98. The quantitative estimate of drug-likeness (QED) is 0.0736. The third-order valence-corrected chi connectivity index (χ3v) is 5.10. The second-order valence-corrected chi connectivity index (χ2v) is 8.41. The molecule has 15 nitrogen and oxygen atoms in total. The maximum absolute atomic E-state index is 12.0. The van der Waals surface area contributed by atoms with E-state index in [1.54, 1.807) is 0 Å². The van der Waals surface area contributed by atoms with Crippen molar-refractivity contribution in [2.24, 2.45) is 5.11 Å². The van der Waals surface area contributed by atoms with E-state index in [0.717, 1.165) is 27.2 Å². The van der Waals surface area contributed by atoms with E-state index in [0.29, 0.717) is 38.8 Å². The van der Waals surface area contributed by atoms with Crippen LogP contribution in [-0.4, -0.2) is 86.8 Å². The van der Waals surface area contributed by atoms with Crippen molar-refractivity contribution >= 4 is 29.8 Å². The van der Waals surface area contributed by atoms with Crippen molar-refractivity contribution < 1.29 is 52.4 Å². The summed E-state index contributed by atoms with van der Waals surface area (Å²) in [5.41, 5.74) is 8.23. The Morgan fingerprint density at radius 2 is 1.47 bits per heavy atom. The van der Waals surface area contributed by atoms with E-state index < -0.39 is 54.6 Å². The van der Waals surface area contributed by atoms with Crippen molar-refractivity contribution in [3.8, 4) is 0 Å². The van der Waals surface area contributed by atoms with Crippen LogP contribution in [0.2, 0.25) is 0 Å². The SMILES string of the molecule is CC(=O)OCC1O[C@@H](OCCCNC(=O)CCCCCN=[N+]=[N-])[C@@H](OC(C)=O)C(OC(C)=O)[C@H]1OC(C)=O. The van der Waals surface area contributed by atoms with Gasteiger partial charge in [0.05, 0.1) is 6.61 Å². The zero-order valence-corrected chi connectivity index (χ0v) is 22.1. The van der Waals surface area contributed by atoms with Crippen LogP contribution >= 0.6 is 0 Å². The molecule has 1 fully saturated rings. The van der Waals surface area contributed by atoms with Crippen LogP contribution in [0, 0.1) is 0 Å². The van der Waals surface area contributed by atoms with Crippen molar-refractivity contribution in [1.29, 1.82) is 0 Å². The average molecular weight is 545 g/mol. The molecule has 0 bridgehead atoms. The molecule has 38 heavy (non-hydrogen) atoms. The van der Waals surface area contributed by atoms with Crippen molar-refractivity contribution in [3.63, 3.8) is 0 Å². The van der Waals surface area contributed by atoms with Crippen LogP contribution in [0.25, 0.3) is 10.4 Å². The molecule has 214 valence electrons. The number of ether oxygens (including phenoxy) is 6. The molecule has 0 saturated carbocycles. The highest BCUT2D eigenvalue weighted by molar-refractivity contribution is 5.75. The maximum atomic E-state index is 12.0. The van der Waals surface area contributed by atoms with E-state index in [2.05, 4.69) is 15.3 Å². The summed E-state index contributed by atoms with van der Waals surface area (Å²) in [4.78, 5) is 61.4. The van der Waals surface area contributed by atoms with Crippen LogP contribution in [0.15, 0.2) is 5.11 Å². The lowest BCUT2D eigenvalue weighted by Gasteiger charge is -2.44. The van der Waals surface area contributed by atoms with Gasteiger partial charge in [0.15, 0.2) is 24.6 Å². The Morgan fingerprint density at radius 3 is 2.08 bits per heavy atom. The molecule has 1 aliphatic rings. The van der Waals surface area contributed by atoms with Gasteiger partial charge in [0.1, 0.15) is 12.7 Å². The second kappa shape index (κ2) is 17.9. The molecule has 0 aliphatic carbocycles. The second-order valence-electron chi connectivity index (χ2n) is 8.41. The highest BCUT2D eigenvalue weighted by atomic mass is 16.7. The van der Waals surface area contributed by atoms with Crippen LogP contribution in [0.5, 0.6) is 0 Å². The molecule has 1 rings (SSSR count). The van der Waals surface area contributed by atoms with Crippen molar-refractivity contribution in [2.75, 3.05) is 26.3 Å². The summed E-state index contributed by atoms with van der Waals surface area (Å²) in [6, 6.07) is 0. The minimum absolute atomic E-state index is 0.0557. The predicted octanol–water partition coefficient (Wildman–Crippen LogP) is 1.46. The highest BCUT2D eigenvalue weighted by Crippen LogP contribution is 2.30. The molecule has 0 aromatic heterocycles. The molecule has 0 spiro atoms. The smallest absolute Gasteiger partial charge is 0.303 e. The monoisotopic (exact) mass is 544 g/mol. The van der Waals surface area contributed by atoms with Gasteiger partial charge in [0.25, 0.3) is 0 Å². The van der Waals surface area contributed by atoms with Gasteiger partial charge in [-0.25, -0.2) is 0 Å². The molecule has 2 unspecified atom stereocenters. The number of unbranched alkanes of at least 4 members (excludes halogenated alkanes) is 2. The number of esters is 4. The minimum atomic E-state index is -1.31. The standard InChI is InChI=1S/C23H36N4O11/c1-14(28)34-13-18-20(35-15(2)29)21(36-16(3)30)22(37-17(4)31)23(38-18)33-12-8-10-25-19(32)9-6-5-7-11-26-27-24/h18,20-23H,5-13H2,1-4H3,(H,25,32)/t18?,20-,21?,22-,23+/m0/s1. The third-order valence-electron chi connectivity index (χ3n) is 5.10. The zero-order valence-electron chi connectivity index (χ0n) is 22.1. The lowest BCUT2D eigenvalue weighted by molar-refractivity contribution is -0.308. The van der Waals surface area contributed by atoms with Gasteiger partial charge in [-0.1, -0.05) is 11.5 Å². The first-order valence-corrected chi connectivity index (χ1v) is 12.2. The fourth-order valence-electron chi connectivity index (χ4n) is 3.60. The summed E-state index contributed by atoms with van der Waals surface area (Å²) < 4.78 is 32.5. The first kappa shape index (κ1) is 32.6. The number of hydrogen-bond donors (Lipinski definition) is 1. The van der Waals surface area contributed by atoms with E-state index in [9.17, 15) is 24.0 Å².